The summed E-state index contributed by atoms with van der Waals surface area (Å²) < 4.78 is 5.75. The average Bonchev–Trinajstić information content (AvgIpc) is 2.39. The topological polar surface area (TPSA) is 9.23 Å². The number of ether oxygens (including phenoxy) is 1. The molecule has 0 bridgehead atoms. The molecule has 0 aliphatic heterocycles. The van der Waals surface area contributed by atoms with Crippen molar-refractivity contribution in [2.24, 2.45) is 0 Å². The monoisotopic (exact) mass is 290 g/mol. The van der Waals surface area contributed by atoms with Gasteiger partial charge in [0.2, 0.25) is 0 Å². The van der Waals surface area contributed by atoms with Gasteiger partial charge in [-0.25, -0.2) is 0 Å². The van der Waals surface area contributed by atoms with E-state index in [-0.39, 0.29) is 0 Å². The molecule has 0 aromatic carbocycles. The lowest BCUT2D eigenvalue weighted by Gasteiger charge is -2.05. The molecule has 21 heavy (non-hydrogen) atoms. The molecule has 0 aliphatic carbocycles. The van der Waals surface area contributed by atoms with Crippen molar-refractivity contribution in [2.45, 2.75) is 67.2 Å². The van der Waals surface area contributed by atoms with Crippen LogP contribution < -0.4 is 0 Å². The first-order valence-electron chi connectivity index (χ1n) is 8.07. The van der Waals surface area contributed by atoms with Crippen molar-refractivity contribution in [3.8, 4) is 0 Å². The smallest absolute Gasteiger partial charge is 0.0678 e. The standard InChI is InChI=1S/C20H34O/c1-17(2)11-7-9-13-19(5)15-21-16-20(6)14-10-8-12-18(3)4/h11-14H,7-10,15-16H2,1-6H3. The fourth-order valence-electron chi connectivity index (χ4n) is 1.89. The van der Waals surface area contributed by atoms with Crippen LogP contribution in [0.2, 0.25) is 0 Å². The summed E-state index contributed by atoms with van der Waals surface area (Å²) in [5, 5.41) is 0. The molecular weight excluding hydrogens is 256 g/mol. The molecular formula is C20H34O. The normalized spacial score (nSPS) is 12.3. The van der Waals surface area contributed by atoms with Crippen LogP contribution in [0.15, 0.2) is 46.6 Å². The second-order valence-corrected chi connectivity index (χ2v) is 6.31. The Morgan fingerprint density at radius 1 is 0.571 bits per heavy atom. The van der Waals surface area contributed by atoms with Gasteiger partial charge in [-0.2, -0.15) is 0 Å². The SMILES string of the molecule is CC(C)=CCCC=C(C)COCC(C)=CCCC=C(C)C. The van der Waals surface area contributed by atoms with Gasteiger partial charge < -0.3 is 4.74 Å². The van der Waals surface area contributed by atoms with E-state index in [1.54, 1.807) is 0 Å². The fraction of sp³-hybridized carbons (Fsp3) is 0.600. The van der Waals surface area contributed by atoms with E-state index in [1.165, 1.54) is 22.3 Å². The van der Waals surface area contributed by atoms with Gasteiger partial charge in [0.25, 0.3) is 0 Å². The maximum atomic E-state index is 5.75. The van der Waals surface area contributed by atoms with Crippen LogP contribution in [0.5, 0.6) is 0 Å². The zero-order chi connectivity index (χ0) is 16.1. The highest BCUT2D eigenvalue weighted by molar-refractivity contribution is 5.03. The van der Waals surface area contributed by atoms with Gasteiger partial charge in [0.1, 0.15) is 0 Å². The van der Waals surface area contributed by atoms with Gasteiger partial charge in [0.05, 0.1) is 13.2 Å². The van der Waals surface area contributed by atoms with Crippen LogP contribution in [0.4, 0.5) is 0 Å². The number of unbranched alkanes of at least 4 members (excludes halogenated alkanes) is 2. The highest BCUT2D eigenvalue weighted by Crippen LogP contribution is 2.05. The van der Waals surface area contributed by atoms with Crippen LogP contribution in [-0.4, -0.2) is 13.2 Å². The zero-order valence-electron chi connectivity index (χ0n) is 15.0. The summed E-state index contributed by atoms with van der Waals surface area (Å²) in [4.78, 5) is 0. The largest absolute Gasteiger partial charge is 0.373 e. The van der Waals surface area contributed by atoms with Crippen molar-refractivity contribution < 1.29 is 4.74 Å². The average molecular weight is 290 g/mol. The molecule has 0 aromatic rings. The molecule has 0 aromatic heterocycles. The van der Waals surface area contributed by atoms with Crippen LogP contribution in [0.1, 0.15) is 67.2 Å². The Hall–Kier alpha value is -1.08. The summed E-state index contributed by atoms with van der Waals surface area (Å²) in [6.45, 7) is 14.4. The molecule has 1 heteroatoms. The summed E-state index contributed by atoms with van der Waals surface area (Å²) in [5.41, 5.74) is 5.45. The molecule has 0 heterocycles. The number of hydrogen-bond donors (Lipinski definition) is 0. The van der Waals surface area contributed by atoms with Crippen molar-refractivity contribution in [3.63, 3.8) is 0 Å². The fourth-order valence-corrected chi connectivity index (χ4v) is 1.89. The summed E-state index contributed by atoms with van der Waals surface area (Å²) in [6.07, 6.45) is 13.6. The van der Waals surface area contributed by atoms with E-state index < -0.39 is 0 Å². The van der Waals surface area contributed by atoms with Crippen LogP contribution in [-0.2, 0) is 4.74 Å². The Morgan fingerprint density at radius 3 is 1.24 bits per heavy atom. The van der Waals surface area contributed by atoms with Crippen LogP contribution >= 0.6 is 0 Å². The van der Waals surface area contributed by atoms with Crippen molar-refractivity contribution in [2.75, 3.05) is 13.2 Å². The van der Waals surface area contributed by atoms with Gasteiger partial charge >= 0.3 is 0 Å². The Labute approximate surface area is 132 Å². The summed E-state index contributed by atoms with van der Waals surface area (Å²) >= 11 is 0. The molecule has 0 fully saturated rings. The molecule has 0 saturated heterocycles. The van der Waals surface area contributed by atoms with Crippen molar-refractivity contribution in [1.82, 2.24) is 0 Å². The molecule has 0 atom stereocenters. The Balaban J connectivity index is 3.81. The van der Waals surface area contributed by atoms with Crippen molar-refractivity contribution >= 4 is 0 Å². The molecule has 0 aliphatic rings. The highest BCUT2D eigenvalue weighted by atomic mass is 16.5. The first kappa shape index (κ1) is 19.9. The van der Waals surface area contributed by atoms with Gasteiger partial charge in [-0.05, 0) is 67.2 Å². The highest BCUT2D eigenvalue weighted by Gasteiger charge is 1.93. The van der Waals surface area contributed by atoms with Crippen molar-refractivity contribution in [3.05, 3.63) is 46.6 Å². The Bertz CT molecular complexity index is 348. The molecule has 1 nitrogen and oxygen atoms in total. The van der Waals surface area contributed by atoms with Gasteiger partial charge in [-0.3, -0.25) is 0 Å². The third-order valence-electron chi connectivity index (χ3n) is 3.08. The molecule has 0 rings (SSSR count). The molecule has 0 saturated carbocycles. The molecule has 0 amide bonds. The lowest BCUT2D eigenvalue weighted by atomic mass is 10.2. The third-order valence-corrected chi connectivity index (χ3v) is 3.08. The third kappa shape index (κ3) is 15.1. The predicted molar refractivity (Wildman–Crippen MR) is 95.7 cm³/mol. The van der Waals surface area contributed by atoms with Gasteiger partial charge in [-0.1, -0.05) is 46.6 Å². The first-order chi connectivity index (χ1) is 9.91. The van der Waals surface area contributed by atoms with Crippen LogP contribution in [0, 0.1) is 0 Å². The van der Waals surface area contributed by atoms with E-state index >= 15 is 0 Å². The second-order valence-electron chi connectivity index (χ2n) is 6.31. The zero-order valence-corrected chi connectivity index (χ0v) is 15.0. The maximum Gasteiger partial charge on any atom is 0.0678 e. The van der Waals surface area contributed by atoms with E-state index in [9.17, 15) is 0 Å². The second kappa shape index (κ2) is 12.6. The van der Waals surface area contributed by atoms with Crippen LogP contribution in [0.3, 0.4) is 0 Å². The van der Waals surface area contributed by atoms with Gasteiger partial charge in [-0.15, -0.1) is 0 Å². The predicted octanol–water partition coefficient (Wildman–Crippen LogP) is 6.39. The minimum atomic E-state index is 0.744. The lowest BCUT2D eigenvalue weighted by Crippen LogP contribution is -1.99. The molecule has 0 unspecified atom stereocenters. The van der Waals surface area contributed by atoms with Gasteiger partial charge in [0, 0.05) is 0 Å². The minimum absolute atomic E-state index is 0.744. The Morgan fingerprint density at radius 2 is 0.905 bits per heavy atom. The van der Waals surface area contributed by atoms with Crippen molar-refractivity contribution in [1.29, 1.82) is 0 Å². The quantitative estimate of drug-likeness (QED) is 0.334. The summed E-state index contributed by atoms with van der Waals surface area (Å²) in [5.74, 6) is 0. The molecule has 0 spiro atoms. The summed E-state index contributed by atoms with van der Waals surface area (Å²) in [6, 6.07) is 0. The number of hydrogen-bond acceptors (Lipinski definition) is 1. The lowest BCUT2D eigenvalue weighted by molar-refractivity contribution is 0.179. The van der Waals surface area contributed by atoms with E-state index in [2.05, 4.69) is 65.8 Å². The summed E-state index contributed by atoms with van der Waals surface area (Å²) in [7, 11) is 0. The van der Waals surface area contributed by atoms with E-state index in [0.29, 0.717) is 0 Å². The Kier molecular flexibility index (Phi) is 12.0. The minimum Gasteiger partial charge on any atom is -0.373 e. The van der Waals surface area contributed by atoms with Crippen LogP contribution in [0.25, 0.3) is 0 Å². The van der Waals surface area contributed by atoms with Gasteiger partial charge in [0.15, 0.2) is 0 Å². The van der Waals surface area contributed by atoms with E-state index in [0.717, 1.165) is 38.9 Å². The molecule has 120 valence electrons. The number of rotatable bonds is 10. The molecule has 0 N–H and O–H groups in total. The maximum absolute atomic E-state index is 5.75. The van der Waals surface area contributed by atoms with E-state index in [1.807, 2.05) is 0 Å². The first-order valence-corrected chi connectivity index (χ1v) is 8.07. The number of allylic oxidation sites excluding steroid dienone is 6. The molecule has 0 radical (unpaired) electrons. The van der Waals surface area contributed by atoms with E-state index in [4.69, 9.17) is 4.74 Å².